The smallest absolute Gasteiger partial charge is 0.230 e. The maximum atomic E-state index is 12.1. The number of nitrogens with one attached hydrogen (secondary N) is 1. The van der Waals surface area contributed by atoms with Gasteiger partial charge in [0.25, 0.3) is 0 Å². The second-order valence-corrected chi connectivity index (χ2v) is 5.75. The average Bonchev–Trinajstić information content (AvgIpc) is 2.93. The van der Waals surface area contributed by atoms with Crippen LogP contribution in [-0.2, 0) is 11.2 Å². The summed E-state index contributed by atoms with van der Waals surface area (Å²) in [6.45, 7) is 4.00. The average molecular weight is 299 g/mol. The van der Waals surface area contributed by atoms with Crippen LogP contribution in [0.4, 0.5) is 11.4 Å². The first-order valence-corrected chi connectivity index (χ1v) is 7.78. The minimum absolute atomic E-state index is 0.0795. The van der Waals surface area contributed by atoms with E-state index in [0.717, 1.165) is 24.5 Å². The van der Waals surface area contributed by atoms with Crippen LogP contribution in [0.2, 0.25) is 0 Å². The predicted octanol–water partition coefficient (Wildman–Crippen LogP) is 3.15. The van der Waals surface area contributed by atoms with Gasteiger partial charge in [0.05, 0.1) is 12.1 Å². The molecule has 0 atom stereocenters. The van der Waals surface area contributed by atoms with Gasteiger partial charge in [-0.3, -0.25) is 4.79 Å². The molecule has 22 heavy (non-hydrogen) atoms. The number of rotatable bonds is 4. The molecule has 2 aromatic rings. The van der Waals surface area contributed by atoms with Crippen LogP contribution >= 0.6 is 0 Å². The fourth-order valence-electron chi connectivity index (χ4n) is 2.80. The van der Waals surface area contributed by atoms with E-state index in [-0.39, 0.29) is 12.3 Å². The largest absolute Gasteiger partial charge is 0.371 e. The van der Waals surface area contributed by atoms with Crippen molar-refractivity contribution >= 4 is 17.3 Å². The number of aryl methyl sites for hydroxylation is 1. The summed E-state index contributed by atoms with van der Waals surface area (Å²) in [5.41, 5.74) is 2.66. The minimum Gasteiger partial charge on any atom is -0.371 e. The number of anilines is 2. The third-order valence-corrected chi connectivity index (χ3v) is 3.87. The molecule has 1 aromatic heterocycles. The Morgan fingerprint density at radius 1 is 1.27 bits per heavy atom. The van der Waals surface area contributed by atoms with Crippen LogP contribution in [0.3, 0.4) is 0 Å². The van der Waals surface area contributed by atoms with Crippen LogP contribution in [0.25, 0.3) is 0 Å². The van der Waals surface area contributed by atoms with Gasteiger partial charge in [-0.2, -0.15) is 0 Å². The van der Waals surface area contributed by atoms with Crippen molar-refractivity contribution in [1.82, 2.24) is 5.16 Å². The summed E-state index contributed by atoms with van der Waals surface area (Å²) in [4.78, 5) is 14.4. The summed E-state index contributed by atoms with van der Waals surface area (Å²) in [6.07, 6.45) is 4.01. The summed E-state index contributed by atoms with van der Waals surface area (Å²) in [6, 6.07) is 9.82. The van der Waals surface area contributed by atoms with E-state index in [1.165, 1.54) is 24.9 Å². The van der Waals surface area contributed by atoms with Crippen LogP contribution in [0.1, 0.15) is 30.7 Å². The fraction of sp³-hybridized carbons (Fsp3) is 0.412. The van der Waals surface area contributed by atoms with E-state index >= 15 is 0 Å². The Hall–Kier alpha value is -2.30. The highest BCUT2D eigenvalue weighted by Gasteiger charge is 2.12. The summed E-state index contributed by atoms with van der Waals surface area (Å²) in [5, 5.41) is 6.78. The molecular formula is C17H21N3O2. The van der Waals surface area contributed by atoms with Gasteiger partial charge < -0.3 is 14.7 Å². The topological polar surface area (TPSA) is 58.4 Å². The van der Waals surface area contributed by atoms with Gasteiger partial charge in [-0.1, -0.05) is 11.2 Å². The zero-order valence-electron chi connectivity index (χ0n) is 12.8. The second-order valence-electron chi connectivity index (χ2n) is 5.75. The van der Waals surface area contributed by atoms with Crippen LogP contribution in [-0.4, -0.2) is 24.2 Å². The van der Waals surface area contributed by atoms with Crippen molar-refractivity contribution in [2.24, 2.45) is 0 Å². The maximum Gasteiger partial charge on any atom is 0.230 e. The Bertz CT molecular complexity index is 645. The monoisotopic (exact) mass is 299 g/mol. The lowest BCUT2D eigenvalue weighted by molar-refractivity contribution is -0.115. The highest BCUT2D eigenvalue weighted by atomic mass is 16.5. The number of aromatic nitrogens is 1. The van der Waals surface area contributed by atoms with Gasteiger partial charge in [0.2, 0.25) is 5.91 Å². The molecule has 0 bridgehead atoms. The SMILES string of the molecule is Cc1cc(CC(=O)Nc2cccc(N3CCCCC3)c2)no1. The molecule has 1 N–H and O–H groups in total. The van der Waals surface area contributed by atoms with Gasteiger partial charge >= 0.3 is 0 Å². The lowest BCUT2D eigenvalue weighted by atomic mass is 10.1. The molecule has 1 aromatic carbocycles. The fourth-order valence-corrected chi connectivity index (χ4v) is 2.80. The molecule has 116 valence electrons. The molecule has 0 saturated carbocycles. The van der Waals surface area contributed by atoms with Gasteiger partial charge in [-0.25, -0.2) is 0 Å². The standard InChI is InChI=1S/C17H21N3O2/c1-13-10-15(19-22-13)12-17(21)18-14-6-5-7-16(11-14)20-8-3-2-4-9-20/h5-7,10-11H,2-4,8-9,12H2,1H3,(H,18,21). The predicted molar refractivity (Wildman–Crippen MR) is 86.1 cm³/mol. The highest BCUT2D eigenvalue weighted by molar-refractivity contribution is 5.92. The molecule has 0 radical (unpaired) electrons. The quantitative estimate of drug-likeness (QED) is 0.942. The molecule has 0 spiro atoms. The Morgan fingerprint density at radius 3 is 2.82 bits per heavy atom. The number of nitrogens with zero attached hydrogens (tertiary/aromatic N) is 2. The summed E-state index contributed by atoms with van der Waals surface area (Å²) in [5.74, 6) is 0.638. The van der Waals surface area contributed by atoms with Crippen molar-refractivity contribution in [3.63, 3.8) is 0 Å². The molecule has 1 aliphatic rings. The van der Waals surface area contributed by atoms with Crippen LogP contribution in [0.5, 0.6) is 0 Å². The Morgan fingerprint density at radius 2 is 2.09 bits per heavy atom. The van der Waals surface area contributed by atoms with Crippen molar-refractivity contribution in [3.05, 3.63) is 41.8 Å². The van der Waals surface area contributed by atoms with Gasteiger partial charge in [0.1, 0.15) is 5.76 Å². The van der Waals surface area contributed by atoms with E-state index in [4.69, 9.17) is 4.52 Å². The first-order chi connectivity index (χ1) is 10.7. The summed E-state index contributed by atoms with van der Waals surface area (Å²) < 4.78 is 4.98. The minimum atomic E-state index is -0.0795. The molecule has 1 amide bonds. The van der Waals surface area contributed by atoms with E-state index in [2.05, 4.69) is 21.4 Å². The van der Waals surface area contributed by atoms with Gasteiger partial charge in [-0.15, -0.1) is 0 Å². The first-order valence-electron chi connectivity index (χ1n) is 7.78. The Balaban J connectivity index is 1.63. The van der Waals surface area contributed by atoms with Crippen LogP contribution in [0, 0.1) is 6.92 Å². The van der Waals surface area contributed by atoms with Gasteiger partial charge in [-0.05, 0) is 44.4 Å². The molecule has 0 aliphatic carbocycles. The number of carbonyl (C=O) groups is 1. The second kappa shape index (κ2) is 6.64. The van der Waals surface area contributed by atoms with E-state index in [9.17, 15) is 4.79 Å². The summed E-state index contributed by atoms with van der Waals surface area (Å²) in [7, 11) is 0. The number of amides is 1. The van der Waals surface area contributed by atoms with Gasteiger partial charge in [0, 0.05) is 30.5 Å². The number of hydrogen-bond donors (Lipinski definition) is 1. The van der Waals surface area contributed by atoms with Crippen molar-refractivity contribution in [3.8, 4) is 0 Å². The maximum absolute atomic E-state index is 12.1. The lowest BCUT2D eigenvalue weighted by Crippen LogP contribution is -2.29. The molecule has 5 heteroatoms. The van der Waals surface area contributed by atoms with Crippen molar-refractivity contribution in [2.45, 2.75) is 32.6 Å². The Labute approximate surface area is 130 Å². The molecule has 3 rings (SSSR count). The lowest BCUT2D eigenvalue weighted by Gasteiger charge is -2.29. The normalized spacial score (nSPS) is 14.9. The number of carbonyl (C=O) groups excluding carboxylic acids is 1. The van der Waals surface area contributed by atoms with E-state index in [0.29, 0.717) is 5.69 Å². The molecule has 1 fully saturated rings. The number of benzene rings is 1. The highest BCUT2D eigenvalue weighted by Crippen LogP contribution is 2.23. The zero-order chi connectivity index (χ0) is 15.4. The zero-order valence-corrected chi connectivity index (χ0v) is 12.8. The first kappa shape index (κ1) is 14.6. The molecular weight excluding hydrogens is 278 g/mol. The molecule has 1 aliphatic heterocycles. The van der Waals surface area contributed by atoms with Gasteiger partial charge in [0.15, 0.2) is 0 Å². The summed E-state index contributed by atoms with van der Waals surface area (Å²) >= 11 is 0. The van der Waals surface area contributed by atoms with E-state index in [1.807, 2.05) is 25.1 Å². The van der Waals surface area contributed by atoms with E-state index < -0.39 is 0 Å². The number of piperidine rings is 1. The molecule has 5 nitrogen and oxygen atoms in total. The van der Waals surface area contributed by atoms with Crippen LogP contribution < -0.4 is 10.2 Å². The molecule has 1 saturated heterocycles. The van der Waals surface area contributed by atoms with Crippen molar-refractivity contribution < 1.29 is 9.32 Å². The Kier molecular flexibility index (Phi) is 4.42. The number of hydrogen-bond acceptors (Lipinski definition) is 4. The van der Waals surface area contributed by atoms with E-state index in [1.54, 1.807) is 6.07 Å². The third-order valence-electron chi connectivity index (χ3n) is 3.87. The molecule has 2 heterocycles. The van der Waals surface area contributed by atoms with Crippen molar-refractivity contribution in [1.29, 1.82) is 0 Å². The van der Waals surface area contributed by atoms with Crippen molar-refractivity contribution in [2.75, 3.05) is 23.3 Å². The molecule has 0 unspecified atom stereocenters. The third kappa shape index (κ3) is 3.67. The van der Waals surface area contributed by atoms with Crippen LogP contribution in [0.15, 0.2) is 34.9 Å².